The van der Waals surface area contributed by atoms with Gasteiger partial charge in [0, 0.05) is 18.2 Å². The standard InChI is InChI=1S/C30H29N5O5/c1-38-22-14-15-24(27(17-22)39-2)29(30(37)31-18-21-9-4-3-5-10-21)34(19-23-11-8-16-40-23)28(36)20-35-26-13-7-6-12-25(26)32-33-35/h3-17,29H,18-20H2,1-2H3,(H,31,37)/t29-/m0/s1. The molecule has 5 rings (SSSR count). The van der Waals surface area contributed by atoms with Gasteiger partial charge in [0.2, 0.25) is 11.8 Å². The Labute approximate surface area is 231 Å². The average molecular weight is 540 g/mol. The number of nitrogens with one attached hydrogen (secondary N) is 1. The van der Waals surface area contributed by atoms with Gasteiger partial charge in [0.1, 0.15) is 35.4 Å². The molecule has 0 bridgehead atoms. The summed E-state index contributed by atoms with van der Waals surface area (Å²) in [6.07, 6.45) is 1.53. The summed E-state index contributed by atoms with van der Waals surface area (Å²) >= 11 is 0. The molecule has 204 valence electrons. The fourth-order valence-electron chi connectivity index (χ4n) is 4.52. The van der Waals surface area contributed by atoms with Gasteiger partial charge in [-0.3, -0.25) is 9.59 Å². The number of aromatic nitrogens is 3. The van der Waals surface area contributed by atoms with E-state index in [1.807, 2.05) is 54.6 Å². The molecule has 0 unspecified atom stereocenters. The van der Waals surface area contributed by atoms with Crippen molar-refractivity contribution in [2.45, 2.75) is 25.7 Å². The van der Waals surface area contributed by atoms with E-state index in [2.05, 4.69) is 15.6 Å². The van der Waals surface area contributed by atoms with Crippen LogP contribution in [0.4, 0.5) is 0 Å². The van der Waals surface area contributed by atoms with Crippen LogP contribution in [0.3, 0.4) is 0 Å². The lowest BCUT2D eigenvalue weighted by Crippen LogP contribution is -2.44. The molecule has 0 spiro atoms. The maximum atomic E-state index is 14.0. The second-order valence-corrected chi connectivity index (χ2v) is 9.05. The number of furan rings is 1. The first kappa shape index (κ1) is 26.5. The number of fused-ring (bicyclic) bond motifs is 1. The van der Waals surface area contributed by atoms with E-state index in [1.54, 1.807) is 37.4 Å². The molecule has 1 atom stereocenters. The zero-order valence-corrected chi connectivity index (χ0v) is 22.2. The topological polar surface area (TPSA) is 112 Å². The first-order valence-corrected chi connectivity index (χ1v) is 12.7. The van der Waals surface area contributed by atoms with Crippen LogP contribution in [-0.4, -0.2) is 45.9 Å². The van der Waals surface area contributed by atoms with Crippen molar-refractivity contribution >= 4 is 22.8 Å². The van der Waals surface area contributed by atoms with E-state index in [1.165, 1.54) is 23.0 Å². The SMILES string of the molecule is COc1ccc([C@@H](C(=O)NCc2ccccc2)N(Cc2ccco2)C(=O)Cn2nnc3ccccc32)c(OC)c1. The van der Waals surface area contributed by atoms with Crippen molar-refractivity contribution in [3.8, 4) is 11.5 Å². The first-order chi connectivity index (χ1) is 19.6. The molecule has 0 aliphatic heterocycles. The molecule has 5 aromatic rings. The molecule has 2 heterocycles. The number of para-hydroxylation sites is 1. The maximum Gasteiger partial charge on any atom is 0.247 e. The van der Waals surface area contributed by atoms with E-state index < -0.39 is 6.04 Å². The molecule has 10 heteroatoms. The number of carbonyl (C=O) groups excluding carboxylic acids is 2. The molecule has 10 nitrogen and oxygen atoms in total. The van der Waals surface area contributed by atoms with Crippen molar-refractivity contribution in [3.63, 3.8) is 0 Å². The summed E-state index contributed by atoms with van der Waals surface area (Å²) in [4.78, 5) is 29.5. The molecular formula is C30H29N5O5. The predicted molar refractivity (Wildman–Crippen MR) is 147 cm³/mol. The van der Waals surface area contributed by atoms with Gasteiger partial charge in [-0.1, -0.05) is 47.7 Å². The minimum absolute atomic E-state index is 0.0388. The highest BCUT2D eigenvalue weighted by Crippen LogP contribution is 2.34. The van der Waals surface area contributed by atoms with Crippen LogP contribution in [0.5, 0.6) is 11.5 Å². The van der Waals surface area contributed by atoms with Crippen LogP contribution in [0, 0.1) is 0 Å². The Morgan fingerprint density at radius 3 is 2.52 bits per heavy atom. The molecule has 40 heavy (non-hydrogen) atoms. The molecule has 2 amide bonds. The molecule has 0 fully saturated rings. The van der Waals surface area contributed by atoms with Crippen LogP contribution in [0.15, 0.2) is 95.6 Å². The van der Waals surface area contributed by atoms with Crippen molar-refractivity contribution in [1.29, 1.82) is 0 Å². The third kappa shape index (κ3) is 5.80. The van der Waals surface area contributed by atoms with Gasteiger partial charge in [-0.25, -0.2) is 4.68 Å². The van der Waals surface area contributed by atoms with Crippen molar-refractivity contribution < 1.29 is 23.5 Å². The van der Waals surface area contributed by atoms with Gasteiger partial charge in [0.05, 0.1) is 32.5 Å². The Kier molecular flexibility index (Phi) is 8.05. The summed E-state index contributed by atoms with van der Waals surface area (Å²) in [6.45, 7) is 0.185. The average Bonchev–Trinajstić information content (AvgIpc) is 3.66. The van der Waals surface area contributed by atoms with E-state index in [4.69, 9.17) is 13.9 Å². The summed E-state index contributed by atoms with van der Waals surface area (Å²) < 4.78 is 18.1. The Morgan fingerprint density at radius 2 is 1.77 bits per heavy atom. The summed E-state index contributed by atoms with van der Waals surface area (Å²) in [5, 5.41) is 11.3. The zero-order valence-electron chi connectivity index (χ0n) is 22.2. The van der Waals surface area contributed by atoms with E-state index in [-0.39, 0.29) is 31.4 Å². The Hall–Kier alpha value is -5.12. The van der Waals surface area contributed by atoms with Crippen LogP contribution in [0.2, 0.25) is 0 Å². The summed E-state index contributed by atoms with van der Waals surface area (Å²) in [7, 11) is 3.06. The van der Waals surface area contributed by atoms with Crippen LogP contribution < -0.4 is 14.8 Å². The van der Waals surface area contributed by atoms with Crippen molar-refractivity contribution in [2.75, 3.05) is 14.2 Å². The van der Waals surface area contributed by atoms with Gasteiger partial charge < -0.3 is 24.1 Å². The van der Waals surface area contributed by atoms with E-state index in [9.17, 15) is 9.59 Å². The number of hydrogen-bond donors (Lipinski definition) is 1. The van der Waals surface area contributed by atoms with Gasteiger partial charge in [0.15, 0.2) is 0 Å². The number of ether oxygens (including phenoxy) is 2. The summed E-state index contributed by atoms with van der Waals surface area (Å²) in [5.74, 6) is 0.746. The quantitative estimate of drug-likeness (QED) is 0.269. The first-order valence-electron chi connectivity index (χ1n) is 12.7. The number of nitrogens with zero attached hydrogens (tertiary/aromatic N) is 4. The predicted octanol–water partition coefficient (Wildman–Crippen LogP) is 4.13. The lowest BCUT2D eigenvalue weighted by molar-refractivity contribution is -0.142. The molecule has 0 radical (unpaired) electrons. The number of methoxy groups -OCH3 is 2. The van der Waals surface area contributed by atoms with Gasteiger partial charge >= 0.3 is 0 Å². The van der Waals surface area contributed by atoms with Crippen LogP contribution in [0.25, 0.3) is 11.0 Å². The third-order valence-electron chi connectivity index (χ3n) is 6.54. The number of rotatable bonds is 11. The molecule has 0 saturated carbocycles. The lowest BCUT2D eigenvalue weighted by Gasteiger charge is -2.31. The molecule has 1 N–H and O–H groups in total. The van der Waals surface area contributed by atoms with Gasteiger partial charge in [0.25, 0.3) is 0 Å². The Morgan fingerprint density at radius 1 is 0.975 bits per heavy atom. The van der Waals surface area contributed by atoms with Crippen molar-refractivity contribution in [1.82, 2.24) is 25.2 Å². The maximum absolute atomic E-state index is 14.0. The number of carbonyl (C=O) groups is 2. The highest BCUT2D eigenvalue weighted by Gasteiger charge is 2.35. The largest absolute Gasteiger partial charge is 0.497 e. The van der Waals surface area contributed by atoms with E-state index >= 15 is 0 Å². The fourth-order valence-corrected chi connectivity index (χ4v) is 4.52. The minimum atomic E-state index is -1.06. The summed E-state index contributed by atoms with van der Waals surface area (Å²) in [5.41, 5.74) is 2.80. The second kappa shape index (κ2) is 12.2. The highest BCUT2D eigenvalue weighted by molar-refractivity contribution is 5.90. The second-order valence-electron chi connectivity index (χ2n) is 9.05. The van der Waals surface area contributed by atoms with Gasteiger partial charge in [-0.15, -0.1) is 5.10 Å². The van der Waals surface area contributed by atoms with E-state index in [0.29, 0.717) is 33.9 Å². The number of amides is 2. The molecular weight excluding hydrogens is 510 g/mol. The molecule has 0 aliphatic rings. The normalized spacial score (nSPS) is 11.7. The molecule has 2 aromatic heterocycles. The van der Waals surface area contributed by atoms with Crippen LogP contribution in [0.1, 0.15) is 22.9 Å². The van der Waals surface area contributed by atoms with Crippen molar-refractivity contribution in [3.05, 3.63) is 108 Å². The van der Waals surface area contributed by atoms with Crippen LogP contribution >= 0.6 is 0 Å². The smallest absolute Gasteiger partial charge is 0.247 e. The van der Waals surface area contributed by atoms with Gasteiger partial charge in [-0.05, 0) is 42.0 Å². The zero-order chi connectivity index (χ0) is 27.9. The number of benzene rings is 3. The lowest BCUT2D eigenvalue weighted by atomic mass is 10.0. The van der Waals surface area contributed by atoms with Gasteiger partial charge in [-0.2, -0.15) is 0 Å². The summed E-state index contributed by atoms with van der Waals surface area (Å²) in [6, 6.07) is 24.5. The van der Waals surface area contributed by atoms with Crippen LogP contribution in [-0.2, 0) is 29.2 Å². The monoisotopic (exact) mass is 539 g/mol. The minimum Gasteiger partial charge on any atom is -0.497 e. The molecule has 0 aliphatic carbocycles. The highest BCUT2D eigenvalue weighted by atomic mass is 16.5. The Balaban J connectivity index is 1.55. The fraction of sp³-hybridized carbons (Fsp3) is 0.200. The third-order valence-corrected chi connectivity index (χ3v) is 6.54. The molecule has 0 saturated heterocycles. The Bertz CT molecular complexity index is 1580. The van der Waals surface area contributed by atoms with E-state index in [0.717, 1.165) is 5.56 Å². The van der Waals surface area contributed by atoms with Crippen molar-refractivity contribution in [2.24, 2.45) is 0 Å². The molecule has 3 aromatic carbocycles. The number of hydrogen-bond acceptors (Lipinski definition) is 7.